The van der Waals surface area contributed by atoms with Crippen molar-refractivity contribution in [3.05, 3.63) is 76.7 Å². The Hall–Kier alpha value is -2.79. The van der Waals surface area contributed by atoms with Crippen molar-refractivity contribution < 1.29 is 19.1 Å². The number of Topliss-reactive ketones (excluding diaryl/α,β-unsaturated/α-hetero) is 2. The molecule has 2 aliphatic rings. The van der Waals surface area contributed by atoms with E-state index in [0.29, 0.717) is 17.8 Å². The van der Waals surface area contributed by atoms with E-state index in [9.17, 15) is 19.1 Å². The van der Waals surface area contributed by atoms with E-state index in [2.05, 4.69) is 0 Å². The van der Waals surface area contributed by atoms with E-state index in [4.69, 9.17) is 0 Å². The Morgan fingerprint density at radius 1 is 0.964 bits per heavy atom. The van der Waals surface area contributed by atoms with Gasteiger partial charge >= 0.3 is 0 Å². The molecule has 144 valence electrons. The molecule has 28 heavy (non-hydrogen) atoms. The van der Waals surface area contributed by atoms with Crippen LogP contribution in [0.2, 0.25) is 0 Å². The Balaban J connectivity index is 1.96. The quantitative estimate of drug-likeness (QED) is 0.801. The summed E-state index contributed by atoms with van der Waals surface area (Å²) in [4.78, 5) is 27.7. The average molecular weight is 379 g/mol. The summed E-state index contributed by atoms with van der Waals surface area (Å²) in [5, 5.41) is 11.7. The van der Waals surface area contributed by atoms with Crippen LogP contribution in [0.5, 0.6) is 0 Å². The van der Waals surface area contributed by atoms with Gasteiger partial charge in [-0.05, 0) is 43.0 Å². The lowest BCUT2D eigenvalue weighted by Crippen LogP contribution is -2.47. The first-order chi connectivity index (χ1) is 13.1. The number of rotatable bonds is 2. The summed E-state index contributed by atoms with van der Waals surface area (Å²) >= 11 is 0. The van der Waals surface area contributed by atoms with Gasteiger partial charge in [0.2, 0.25) is 11.5 Å². The number of aliphatic hydroxyl groups is 1. The molecule has 1 heterocycles. The van der Waals surface area contributed by atoms with Crippen LogP contribution < -0.4 is 4.90 Å². The van der Waals surface area contributed by atoms with E-state index < -0.39 is 17.3 Å². The minimum absolute atomic E-state index is 0.0618. The third-order valence-corrected chi connectivity index (χ3v) is 5.53. The number of hydrogen-bond acceptors (Lipinski definition) is 4. The first-order valence-electron chi connectivity index (χ1n) is 9.30. The van der Waals surface area contributed by atoms with Gasteiger partial charge in [0.15, 0.2) is 5.78 Å². The molecule has 0 saturated carbocycles. The Labute approximate surface area is 163 Å². The predicted molar refractivity (Wildman–Crippen MR) is 104 cm³/mol. The van der Waals surface area contributed by atoms with Crippen LogP contribution in [0, 0.1) is 18.2 Å². The summed E-state index contributed by atoms with van der Waals surface area (Å²) in [6, 6.07) is 12.6. The summed E-state index contributed by atoms with van der Waals surface area (Å²) in [6.45, 7) is 5.90. The smallest absolute Gasteiger partial charge is 0.234 e. The normalized spacial score (nSPS) is 24.0. The summed E-state index contributed by atoms with van der Waals surface area (Å²) in [5.74, 6) is -1.36. The number of ketones is 2. The fourth-order valence-electron chi connectivity index (χ4n) is 4.19. The van der Waals surface area contributed by atoms with E-state index in [1.807, 2.05) is 45.0 Å². The number of hydrogen-bond donors (Lipinski definition) is 1. The Kier molecular flexibility index (Phi) is 4.05. The lowest BCUT2D eigenvalue weighted by Gasteiger charge is -2.38. The van der Waals surface area contributed by atoms with Gasteiger partial charge in [-0.15, -0.1) is 0 Å². The standard InChI is InChI=1S/C23H22FNO3/c1-14-4-10-17(11-5-14)25-18-12-22(2,3)13-19(26)20(18)21(27)23(25,28)15-6-8-16(24)9-7-15/h4-11,28H,12-13H2,1-3H3. The molecule has 0 fully saturated rings. The van der Waals surface area contributed by atoms with Gasteiger partial charge in [-0.1, -0.05) is 43.7 Å². The molecular formula is C23H22FNO3. The van der Waals surface area contributed by atoms with Crippen LogP contribution in [0.15, 0.2) is 59.8 Å². The number of allylic oxidation sites excluding steroid dienone is 1. The van der Waals surface area contributed by atoms with Crippen molar-refractivity contribution in [2.45, 2.75) is 39.3 Å². The van der Waals surface area contributed by atoms with Crippen molar-refractivity contribution in [3.8, 4) is 0 Å². The molecular weight excluding hydrogens is 357 g/mol. The van der Waals surface area contributed by atoms with Crippen LogP contribution in [-0.2, 0) is 15.3 Å². The van der Waals surface area contributed by atoms with E-state index in [1.54, 1.807) is 4.90 Å². The highest BCUT2D eigenvalue weighted by Crippen LogP contribution is 2.50. The van der Waals surface area contributed by atoms with Crippen molar-refractivity contribution in [2.24, 2.45) is 5.41 Å². The minimum atomic E-state index is -2.08. The maximum Gasteiger partial charge on any atom is 0.234 e. The molecule has 1 N–H and O–H groups in total. The van der Waals surface area contributed by atoms with E-state index in [0.717, 1.165) is 5.56 Å². The number of benzene rings is 2. The highest BCUT2D eigenvalue weighted by Gasteiger charge is 2.57. The SMILES string of the molecule is Cc1ccc(N2C3=C(C(=O)CC(C)(C)C3)C(=O)C2(O)c2ccc(F)cc2)cc1. The van der Waals surface area contributed by atoms with E-state index >= 15 is 0 Å². The molecule has 0 amide bonds. The van der Waals surface area contributed by atoms with Gasteiger partial charge in [-0.25, -0.2) is 4.39 Å². The van der Waals surface area contributed by atoms with Crippen LogP contribution in [0.1, 0.15) is 37.8 Å². The highest BCUT2D eigenvalue weighted by atomic mass is 19.1. The molecule has 1 aliphatic carbocycles. The first kappa shape index (κ1) is 18.6. The lowest BCUT2D eigenvalue weighted by atomic mass is 9.75. The largest absolute Gasteiger partial charge is 0.360 e. The third-order valence-electron chi connectivity index (χ3n) is 5.53. The number of carbonyl (C=O) groups excluding carboxylic acids is 2. The van der Waals surface area contributed by atoms with Crippen molar-refractivity contribution in [2.75, 3.05) is 4.90 Å². The number of anilines is 1. The van der Waals surface area contributed by atoms with Gasteiger partial charge in [0.1, 0.15) is 5.82 Å². The first-order valence-corrected chi connectivity index (χ1v) is 9.30. The Morgan fingerprint density at radius 3 is 2.18 bits per heavy atom. The highest BCUT2D eigenvalue weighted by molar-refractivity contribution is 6.27. The van der Waals surface area contributed by atoms with Gasteiger partial charge in [0.05, 0.1) is 5.57 Å². The second kappa shape index (κ2) is 6.11. The third kappa shape index (κ3) is 2.69. The van der Waals surface area contributed by atoms with Crippen molar-refractivity contribution >= 4 is 17.3 Å². The Morgan fingerprint density at radius 2 is 1.57 bits per heavy atom. The average Bonchev–Trinajstić information content (AvgIpc) is 2.84. The summed E-state index contributed by atoms with van der Waals surface area (Å²) in [5.41, 5.74) is 0.0694. The number of carbonyl (C=O) groups is 2. The van der Waals surface area contributed by atoms with Crippen molar-refractivity contribution in [3.63, 3.8) is 0 Å². The van der Waals surface area contributed by atoms with Gasteiger partial charge in [0.25, 0.3) is 0 Å². The minimum Gasteiger partial charge on any atom is -0.360 e. The molecule has 1 atom stereocenters. The van der Waals surface area contributed by atoms with Gasteiger partial charge in [-0.2, -0.15) is 0 Å². The molecule has 0 radical (unpaired) electrons. The fraction of sp³-hybridized carbons (Fsp3) is 0.304. The van der Waals surface area contributed by atoms with Crippen molar-refractivity contribution in [1.29, 1.82) is 0 Å². The molecule has 0 saturated heterocycles. The van der Waals surface area contributed by atoms with E-state index in [1.165, 1.54) is 24.3 Å². The maximum atomic E-state index is 13.5. The van der Waals surface area contributed by atoms with Crippen LogP contribution in [0.25, 0.3) is 0 Å². The van der Waals surface area contributed by atoms with E-state index in [-0.39, 0.29) is 28.8 Å². The molecule has 0 aromatic heterocycles. The second-order valence-electron chi connectivity index (χ2n) is 8.44. The van der Waals surface area contributed by atoms with Crippen LogP contribution in [0.4, 0.5) is 10.1 Å². The molecule has 2 aromatic carbocycles. The molecule has 0 spiro atoms. The molecule has 1 unspecified atom stereocenters. The molecule has 0 bridgehead atoms. The molecule has 2 aromatic rings. The maximum absolute atomic E-state index is 13.5. The van der Waals surface area contributed by atoms with Crippen molar-refractivity contribution in [1.82, 2.24) is 0 Å². The van der Waals surface area contributed by atoms with Gasteiger partial charge in [0, 0.05) is 23.4 Å². The number of nitrogens with zero attached hydrogens (tertiary/aromatic N) is 1. The topological polar surface area (TPSA) is 57.6 Å². The molecule has 1 aliphatic heterocycles. The predicted octanol–water partition coefficient (Wildman–Crippen LogP) is 4.01. The zero-order chi connectivity index (χ0) is 20.3. The zero-order valence-electron chi connectivity index (χ0n) is 16.1. The lowest BCUT2D eigenvalue weighted by molar-refractivity contribution is -0.133. The molecule has 4 rings (SSSR count). The second-order valence-corrected chi connectivity index (χ2v) is 8.44. The Bertz CT molecular complexity index is 1010. The van der Waals surface area contributed by atoms with Gasteiger partial charge in [-0.3, -0.25) is 9.59 Å². The zero-order valence-corrected chi connectivity index (χ0v) is 16.1. The molecule has 4 nitrogen and oxygen atoms in total. The van der Waals surface area contributed by atoms with Gasteiger partial charge < -0.3 is 10.0 Å². The summed E-state index contributed by atoms with van der Waals surface area (Å²) in [7, 11) is 0. The number of aryl methyl sites for hydroxylation is 1. The fourth-order valence-corrected chi connectivity index (χ4v) is 4.19. The summed E-state index contributed by atoms with van der Waals surface area (Å²) < 4.78 is 13.5. The van der Waals surface area contributed by atoms with Crippen LogP contribution >= 0.6 is 0 Å². The summed E-state index contributed by atoms with van der Waals surface area (Å²) in [6.07, 6.45) is 0.732. The molecule has 5 heteroatoms. The van der Waals surface area contributed by atoms with Crippen LogP contribution in [0.3, 0.4) is 0 Å². The monoisotopic (exact) mass is 379 g/mol. The number of halogens is 1. The van der Waals surface area contributed by atoms with Crippen LogP contribution in [-0.4, -0.2) is 16.7 Å².